The van der Waals surface area contributed by atoms with E-state index in [1.807, 2.05) is 6.92 Å². The molecule has 0 aromatic heterocycles. The van der Waals surface area contributed by atoms with Crippen LogP contribution in [-0.2, 0) is 32.3 Å². The summed E-state index contributed by atoms with van der Waals surface area (Å²) in [5, 5.41) is 3.31. The lowest BCUT2D eigenvalue weighted by Gasteiger charge is -2.32. The molecule has 0 aliphatic rings. The number of hydrogen-bond donors (Lipinski definition) is 1. The standard InChI is InChI=1S/C29H30Cl2F3N3O4S/c1-3-4-15-35-28(39)20(2)36(18-21-13-14-23(30)17-26(21)31)27(38)19-37(42(40,41)25-11-6-5-7-12-25)24-10-8-9-22(16-24)29(32,33)34/h5-14,16-17,20H,3-4,15,18-19H2,1-2H3,(H,35,39)/t20-/m0/s1. The van der Waals surface area contributed by atoms with Gasteiger partial charge in [-0.1, -0.05) is 66.9 Å². The molecule has 42 heavy (non-hydrogen) atoms. The molecular weight excluding hydrogens is 614 g/mol. The van der Waals surface area contributed by atoms with Crippen LogP contribution in [0.25, 0.3) is 0 Å². The smallest absolute Gasteiger partial charge is 0.354 e. The van der Waals surface area contributed by atoms with E-state index in [9.17, 15) is 31.2 Å². The number of halogens is 5. The highest BCUT2D eigenvalue weighted by atomic mass is 35.5. The zero-order chi connectivity index (χ0) is 31.1. The fraction of sp³-hybridized carbons (Fsp3) is 0.310. The summed E-state index contributed by atoms with van der Waals surface area (Å²) in [5.74, 6) is -1.32. The second-order valence-electron chi connectivity index (χ2n) is 9.45. The average Bonchev–Trinajstić information content (AvgIpc) is 2.95. The third-order valence-corrected chi connectivity index (χ3v) is 8.80. The zero-order valence-corrected chi connectivity index (χ0v) is 25.2. The van der Waals surface area contributed by atoms with Gasteiger partial charge in [0.2, 0.25) is 11.8 Å². The fourth-order valence-corrected chi connectivity index (χ4v) is 5.93. The lowest BCUT2D eigenvalue weighted by Crippen LogP contribution is -2.51. The predicted molar refractivity (Wildman–Crippen MR) is 157 cm³/mol. The van der Waals surface area contributed by atoms with Gasteiger partial charge in [-0.05, 0) is 61.4 Å². The molecule has 0 fully saturated rings. The van der Waals surface area contributed by atoms with Crippen molar-refractivity contribution in [1.29, 1.82) is 0 Å². The summed E-state index contributed by atoms with van der Waals surface area (Å²) in [7, 11) is -4.52. The first-order chi connectivity index (χ1) is 19.8. The van der Waals surface area contributed by atoms with Gasteiger partial charge in [-0.2, -0.15) is 13.2 Å². The SMILES string of the molecule is CCCCNC(=O)[C@H](C)N(Cc1ccc(Cl)cc1Cl)C(=O)CN(c1cccc(C(F)(F)F)c1)S(=O)(=O)c1ccccc1. The van der Waals surface area contributed by atoms with Gasteiger partial charge >= 0.3 is 6.18 Å². The van der Waals surface area contributed by atoms with Crippen molar-refractivity contribution in [2.24, 2.45) is 0 Å². The summed E-state index contributed by atoms with van der Waals surface area (Å²) in [5.41, 5.74) is -1.03. The summed E-state index contributed by atoms with van der Waals surface area (Å²) >= 11 is 12.4. The Morgan fingerprint density at radius 2 is 1.67 bits per heavy atom. The summed E-state index contributed by atoms with van der Waals surface area (Å²) in [6, 6.07) is 14.2. The molecular formula is C29H30Cl2F3N3O4S. The largest absolute Gasteiger partial charge is 0.416 e. The van der Waals surface area contributed by atoms with Crippen LogP contribution in [-0.4, -0.2) is 44.3 Å². The summed E-state index contributed by atoms with van der Waals surface area (Å²) in [6.07, 6.45) is -3.24. The van der Waals surface area contributed by atoms with Gasteiger partial charge in [0.25, 0.3) is 10.0 Å². The van der Waals surface area contributed by atoms with Crippen molar-refractivity contribution >= 4 is 50.7 Å². The molecule has 3 aromatic rings. The Balaban J connectivity index is 2.07. The predicted octanol–water partition coefficient (Wildman–Crippen LogP) is 6.54. The van der Waals surface area contributed by atoms with Crippen LogP contribution in [0.15, 0.2) is 77.7 Å². The van der Waals surface area contributed by atoms with Gasteiger partial charge in [0.1, 0.15) is 12.6 Å². The van der Waals surface area contributed by atoms with Gasteiger partial charge in [0.05, 0.1) is 16.1 Å². The fourth-order valence-electron chi connectivity index (χ4n) is 4.04. The molecule has 0 heterocycles. The molecule has 0 saturated heterocycles. The Bertz CT molecular complexity index is 1510. The molecule has 3 aromatic carbocycles. The lowest BCUT2D eigenvalue weighted by atomic mass is 10.1. The number of hydrogen-bond acceptors (Lipinski definition) is 4. The third kappa shape index (κ3) is 8.39. The van der Waals surface area contributed by atoms with Gasteiger partial charge in [-0.25, -0.2) is 8.42 Å². The number of carbonyl (C=O) groups is 2. The van der Waals surface area contributed by atoms with Crippen LogP contribution in [0.4, 0.5) is 18.9 Å². The number of rotatable bonds is 12. The maximum Gasteiger partial charge on any atom is 0.416 e. The van der Waals surface area contributed by atoms with E-state index in [1.165, 1.54) is 43.3 Å². The van der Waals surface area contributed by atoms with E-state index >= 15 is 0 Å². The van der Waals surface area contributed by atoms with Gasteiger partial charge < -0.3 is 10.2 Å². The van der Waals surface area contributed by atoms with Crippen molar-refractivity contribution in [1.82, 2.24) is 10.2 Å². The molecule has 0 spiro atoms. The Kier molecular flexibility index (Phi) is 11.3. The minimum absolute atomic E-state index is 0.195. The number of anilines is 1. The first-order valence-corrected chi connectivity index (χ1v) is 15.2. The van der Waals surface area contributed by atoms with Crippen LogP contribution < -0.4 is 9.62 Å². The molecule has 7 nitrogen and oxygen atoms in total. The first kappa shape index (κ1) is 33.2. The molecule has 0 unspecified atom stereocenters. The lowest BCUT2D eigenvalue weighted by molar-refractivity contribution is -0.139. The average molecular weight is 645 g/mol. The van der Waals surface area contributed by atoms with Crippen LogP contribution in [0.3, 0.4) is 0 Å². The number of alkyl halides is 3. The van der Waals surface area contributed by atoms with E-state index < -0.39 is 46.2 Å². The van der Waals surface area contributed by atoms with Crippen LogP contribution in [0.2, 0.25) is 10.0 Å². The highest BCUT2D eigenvalue weighted by Crippen LogP contribution is 2.33. The molecule has 1 atom stereocenters. The van der Waals surface area contributed by atoms with E-state index in [4.69, 9.17) is 23.2 Å². The molecule has 1 N–H and O–H groups in total. The number of nitrogens with one attached hydrogen (secondary N) is 1. The third-order valence-electron chi connectivity index (χ3n) is 6.42. The normalized spacial score (nSPS) is 12.5. The van der Waals surface area contributed by atoms with Crippen LogP contribution >= 0.6 is 23.2 Å². The van der Waals surface area contributed by atoms with Crippen molar-refractivity contribution in [3.63, 3.8) is 0 Å². The number of unbranched alkanes of at least 4 members (excludes halogenated alkanes) is 1. The topological polar surface area (TPSA) is 86.8 Å². The van der Waals surface area contributed by atoms with Crippen molar-refractivity contribution in [2.45, 2.75) is 50.3 Å². The molecule has 3 rings (SSSR count). The minimum Gasteiger partial charge on any atom is -0.354 e. The van der Waals surface area contributed by atoms with E-state index in [-0.39, 0.29) is 22.2 Å². The zero-order valence-electron chi connectivity index (χ0n) is 22.9. The maximum absolute atomic E-state index is 13.9. The molecule has 0 aliphatic heterocycles. The van der Waals surface area contributed by atoms with Crippen molar-refractivity contribution in [2.75, 3.05) is 17.4 Å². The van der Waals surface area contributed by atoms with E-state index in [1.54, 1.807) is 18.2 Å². The van der Waals surface area contributed by atoms with Gasteiger partial charge in [-0.15, -0.1) is 0 Å². The number of nitrogens with zero attached hydrogens (tertiary/aromatic N) is 2. The van der Waals surface area contributed by atoms with Crippen LogP contribution in [0.1, 0.15) is 37.8 Å². The van der Waals surface area contributed by atoms with Gasteiger partial charge in [0.15, 0.2) is 0 Å². The second kappa shape index (κ2) is 14.3. The Morgan fingerprint density at radius 3 is 2.29 bits per heavy atom. The van der Waals surface area contributed by atoms with Crippen LogP contribution in [0, 0.1) is 0 Å². The van der Waals surface area contributed by atoms with E-state index in [2.05, 4.69) is 5.32 Å². The Morgan fingerprint density at radius 1 is 0.976 bits per heavy atom. The van der Waals surface area contributed by atoms with E-state index in [0.717, 1.165) is 23.5 Å². The molecule has 0 aliphatic carbocycles. The molecule has 226 valence electrons. The summed E-state index contributed by atoms with van der Waals surface area (Å²) in [4.78, 5) is 27.8. The maximum atomic E-state index is 13.9. The van der Waals surface area contributed by atoms with Gasteiger partial charge in [0, 0.05) is 23.1 Å². The first-order valence-electron chi connectivity index (χ1n) is 13.0. The number of benzene rings is 3. The van der Waals surface area contributed by atoms with Crippen LogP contribution in [0.5, 0.6) is 0 Å². The molecule has 0 radical (unpaired) electrons. The number of sulfonamides is 1. The quantitative estimate of drug-likeness (QED) is 0.227. The highest BCUT2D eigenvalue weighted by Gasteiger charge is 2.35. The Hall–Kier alpha value is -3.28. The number of carbonyl (C=O) groups excluding carboxylic acids is 2. The molecule has 0 bridgehead atoms. The summed E-state index contributed by atoms with van der Waals surface area (Å²) < 4.78 is 68.8. The van der Waals surface area contributed by atoms with E-state index in [0.29, 0.717) is 33.9 Å². The number of amides is 2. The van der Waals surface area contributed by atoms with Gasteiger partial charge in [-0.3, -0.25) is 13.9 Å². The monoisotopic (exact) mass is 643 g/mol. The highest BCUT2D eigenvalue weighted by molar-refractivity contribution is 7.92. The van der Waals surface area contributed by atoms with Crippen molar-refractivity contribution in [3.05, 3.63) is 94.0 Å². The Labute approximate surface area is 253 Å². The summed E-state index contributed by atoms with van der Waals surface area (Å²) in [6.45, 7) is 2.70. The molecule has 2 amide bonds. The minimum atomic E-state index is -4.76. The van der Waals surface area contributed by atoms with Crippen molar-refractivity contribution < 1.29 is 31.2 Å². The molecule has 13 heteroatoms. The van der Waals surface area contributed by atoms with Crippen molar-refractivity contribution in [3.8, 4) is 0 Å². The molecule has 0 saturated carbocycles. The second-order valence-corrected chi connectivity index (χ2v) is 12.2.